The van der Waals surface area contributed by atoms with Crippen molar-refractivity contribution in [3.63, 3.8) is 0 Å². The zero-order chi connectivity index (χ0) is 9.68. The third kappa shape index (κ3) is 3.07. The fourth-order valence-corrected chi connectivity index (χ4v) is 0.902. The summed E-state index contributed by atoms with van der Waals surface area (Å²) in [6.07, 6.45) is 3.00. The molecule has 0 spiro atoms. The van der Waals surface area contributed by atoms with Gasteiger partial charge >= 0.3 is 0 Å². The second kappa shape index (κ2) is 4.40. The molecule has 2 nitrogen and oxygen atoms in total. The van der Waals surface area contributed by atoms with E-state index in [1.165, 1.54) is 18.2 Å². The molecule has 0 atom stereocenters. The van der Waals surface area contributed by atoms with E-state index in [2.05, 4.69) is 5.32 Å². The van der Waals surface area contributed by atoms with Crippen LogP contribution in [0.1, 0.15) is 6.92 Å². The molecule has 0 aliphatic heterocycles. The summed E-state index contributed by atoms with van der Waals surface area (Å²) >= 11 is 0. The molecule has 0 saturated heterocycles. The molecule has 1 aromatic rings. The van der Waals surface area contributed by atoms with Crippen molar-refractivity contribution >= 4 is 11.6 Å². The molecule has 0 fully saturated rings. The molecule has 1 N–H and O–H groups in total. The molecule has 3 heteroatoms. The van der Waals surface area contributed by atoms with Crippen LogP contribution in [0.3, 0.4) is 0 Å². The van der Waals surface area contributed by atoms with E-state index in [1.54, 1.807) is 25.1 Å². The summed E-state index contributed by atoms with van der Waals surface area (Å²) in [4.78, 5) is 11.0. The van der Waals surface area contributed by atoms with Crippen LogP contribution in [-0.4, -0.2) is 5.91 Å². The van der Waals surface area contributed by atoms with Crippen LogP contribution in [-0.2, 0) is 4.79 Å². The number of carbonyl (C=O) groups excluding carboxylic acids is 1. The third-order valence-electron chi connectivity index (χ3n) is 1.41. The molecular formula is C10H10FNO. The summed E-state index contributed by atoms with van der Waals surface area (Å²) in [5.41, 5.74) is 0.461. The van der Waals surface area contributed by atoms with E-state index < -0.39 is 0 Å². The third-order valence-corrected chi connectivity index (χ3v) is 1.41. The Balaban J connectivity index is 2.69. The number of anilines is 1. The Morgan fingerprint density at radius 3 is 2.92 bits per heavy atom. The van der Waals surface area contributed by atoms with Gasteiger partial charge in [0.15, 0.2) is 0 Å². The predicted octanol–water partition coefficient (Wildman–Crippen LogP) is 2.34. The fourth-order valence-electron chi connectivity index (χ4n) is 0.902. The quantitative estimate of drug-likeness (QED) is 0.693. The van der Waals surface area contributed by atoms with Gasteiger partial charge in [0.05, 0.1) is 0 Å². The minimum absolute atomic E-state index is 0.256. The van der Waals surface area contributed by atoms with Gasteiger partial charge in [0, 0.05) is 5.69 Å². The summed E-state index contributed by atoms with van der Waals surface area (Å²) in [5.74, 6) is -0.619. The van der Waals surface area contributed by atoms with E-state index in [-0.39, 0.29) is 11.7 Å². The summed E-state index contributed by atoms with van der Waals surface area (Å²) in [6, 6.07) is 5.76. The van der Waals surface area contributed by atoms with Crippen molar-refractivity contribution in [2.45, 2.75) is 6.92 Å². The van der Waals surface area contributed by atoms with E-state index >= 15 is 0 Å². The van der Waals surface area contributed by atoms with Gasteiger partial charge in [-0.3, -0.25) is 4.79 Å². The van der Waals surface area contributed by atoms with E-state index in [4.69, 9.17) is 0 Å². The first-order chi connectivity index (χ1) is 6.22. The average Bonchev–Trinajstić information content (AvgIpc) is 2.04. The molecule has 0 heterocycles. The monoisotopic (exact) mass is 179 g/mol. The summed E-state index contributed by atoms with van der Waals surface area (Å²) in [6.45, 7) is 1.74. The second-order valence-corrected chi connectivity index (χ2v) is 2.50. The van der Waals surface area contributed by atoms with Gasteiger partial charge < -0.3 is 5.32 Å². The minimum atomic E-state index is -0.363. The minimum Gasteiger partial charge on any atom is -0.322 e. The van der Waals surface area contributed by atoms with Gasteiger partial charge in [-0.05, 0) is 31.2 Å². The Labute approximate surface area is 76.1 Å². The molecule has 0 aromatic heterocycles. The molecule has 1 amide bonds. The maximum absolute atomic E-state index is 12.6. The summed E-state index contributed by atoms with van der Waals surface area (Å²) < 4.78 is 12.6. The molecule has 0 aliphatic carbocycles. The molecule has 0 aliphatic rings. The normalized spacial score (nSPS) is 10.3. The van der Waals surface area contributed by atoms with E-state index in [0.717, 1.165) is 0 Å². The Morgan fingerprint density at radius 2 is 2.31 bits per heavy atom. The first-order valence-electron chi connectivity index (χ1n) is 3.91. The van der Waals surface area contributed by atoms with Crippen molar-refractivity contribution in [2.75, 3.05) is 5.32 Å². The molecule has 68 valence electrons. The first-order valence-corrected chi connectivity index (χ1v) is 3.91. The molecule has 0 unspecified atom stereocenters. The van der Waals surface area contributed by atoms with Crippen molar-refractivity contribution in [1.29, 1.82) is 0 Å². The van der Waals surface area contributed by atoms with Crippen LogP contribution in [0.2, 0.25) is 0 Å². The van der Waals surface area contributed by atoms with E-state index in [9.17, 15) is 9.18 Å². The van der Waals surface area contributed by atoms with Crippen molar-refractivity contribution in [3.05, 3.63) is 42.2 Å². The molecule has 0 saturated carbocycles. The van der Waals surface area contributed by atoms with Crippen LogP contribution < -0.4 is 5.32 Å². The standard InChI is InChI=1S/C10H10FNO/c1-2-4-10(13)12-9-6-3-5-8(11)7-9/h2-7H,1H3,(H,12,13). The highest BCUT2D eigenvalue weighted by Gasteiger charge is 1.97. The number of nitrogens with one attached hydrogen (secondary N) is 1. The fraction of sp³-hybridized carbons (Fsp3) is 0.100. The zero-order valence-electron chi connectivity index (χ0n) is 7.25. The number of allylic oxidation sites excluding steroid dienone is 1. The maximum atomic E-state index is 12.6. The van der Waals surface area contributed by atoms with Crippen molar-refractivity contribution < 1.29 is 9.18 Å². The highest BCUT2D eigenvalue weighted by atomic mass is 19.1. The summed E-state index contributed by atoms with van der Waals surface area (Å²) in [5, 5.41) is 2.52. The van der Waals surface area contributed by atoms with Crippen LogP contribution in [0.5, 0.6) is 0 Å². The Bertz CT molecular complexity index is 333. The first kappa shape index (κ1) is 9.45. The number of halogens is 1. The highest BCUT2D eigenvalue weighted by molar-refractivity contribution is 5.99. The lowest BCUT2D eigenvalue weighted by molar-refractivity contribution is -0.111. The van der Waals surface area contributed by atoms with Gasteiger partial charge in [0.25, 0.3) is 0 Å². The molecule has 1 aromatic carbocycles. The van der Waals surface area contributed by atoms with Gasteiger partial charge in [-0.25, -0.2) is 4.39 Å². The number of hydrogen-bond donors (Lipinski definition) is 1. The highest BCUT2D eigenvalue weighted by Crippen LogP contribution is 2.08. The van der Waals surface area contributed by atoms with Gasteiger partial charge in [-0.2, -0.15) is 0 Å². The van der Waals surface area contributed by atoms with Crippen LogP contribution in [0.4, 0.5) is 10.1 Å². The Kier molecular flexibility index (Phi) is 3.20. The lowest BCUT2D eigenvalue weighted by Crippen LogP contribution is -2.07. The van der Waals surface area contributed by atoms with Crippen molar-refractivity contribution in [1.82, 2.24) is 0 Å². The average molecular weight is 179 g/mol. The molecule has 13 heavy (non-hydrogen) atoms. The Morgan fingerprint density at radius 1 is 1.54 bits per heavy atom. The van der Waals surface area contributed by atoms with Crippen molar-refractivity contribution in [3.8, 4) is 0 Å². The number of rotatable bonds is 2. The predicted molar refractivity (Wildman–Crippen MR) is 49.8 cm³/mol. The van der Waals surface area contributed by atoms with Crippen LogP contribution in [0.25, 0.3) is 0 Å². The lowest BCUT2D eigenvalue weighted by Gasteiger charge is -2.00. The molecule has 1 rings (SSSR count). The number of hydrogen-bond acceptors (Lipinski definition) is 1. The zero-order valence-corrected chi connectivity index (χ0v) is 7.25. The van der Waals surface area contributed by atoms with Gasteiger partial charge in [0.1, 0.15) is 5.82 Å². The topological polar surface area (TPSA) is 29.1 Å². The largest absolute Gasteiger partial charge is 0.322 e. The lowest BCUT2D eigenvalue weighted by atomic mass is 10.3. The number of benzene rings is 1. The van der Waals surface area contributed by atoms with Crippen LogP contribution in [0.15, 0.2) is 36.4 Å². The van der Waals surface area contributed by atoms with Crippen LogP contribution >= 0.6 is 0 Å². The van der Waals surface area contributed by atoms with Gasteiger partial charge in [0.2, 0.25) is 5.91 Å². The maximum Gasteiger partial charge on any atom is 0.248 e. The van der Waals surface area contributed by atoms with Gasteiger partial charge in [-0.1, -0.05) is 12.1 Å². The van der Waals surface area contributed by atoms with Crippen molar-refractivity contribution in [2.24, 2.45) is 0 Å². The van der Waals surface area contributed by atoms with E-state index in [0.29, 0.717) is 5.69 Å². The molecular weight excluding hydrogens is 169 g/mol. The van der Waals surface area contributed by atoms with Crippen LogP contribution in [0, 0.1) is 5.82 Å². The SMILES string of the molecule is CC=CC(=O)Nc1cccc(F)c1. The number of carbonyl (C=O) groups is 1. The summed E-state index contributed by atoms with van der Waals surface area (Å²) in [7, 11) is 0. The number of amides is 1. The van der Waals surface area contributed by atoms with Gasteiger partial charge in [-0.15, -0.1) is 0 Å². The molecule has 0 radical (unpaired) electrons. The second-order valence-electron chi connectivity index (χ2n) is 2.50. The smallest absolute Gasteiger partial charge is 0.248 e. The van der Waals surface area contributed by atoms with E-state index in [1.807, 2.05) is 0 Å². The molecule has 0 bridgehead atoms. The Hall–Kier alpha value is -1.64.